The average Bonchev–Trinajstić information content (AvgIpc) is 3.13. The number of thioether (sulfide) groups is 1. The summed E-state index contributed by atoms with van der Waals surface area (Å²) < 4.78 is 24.9. The zero-order valence-electron chi connectivity index (χ0n) is 14.4. The molecule has 1 aliphatic heterocycles. The van der Waals surface area contributed by atoms with Crippen molar-refractivity contribution in [3.63, 3.8) is 0 Å². The van der Waals surface area contributed by atoms with E-state index in [1.807, 2.05) is 23.6 Å². The summed E-state index contributed by atoms with van der Waals surface area (Å²) in [6, 6.07) is 7.31. The number of benzene rings is 1. The molecule has 1 aliphatic rings. The fourth-order valence-corrected chi connectivity index (χ4v) is 5.39. The molecule has 0 radical (unpaired) electrons. The van der Waals surface area contributed by atoms with Crippen molar-refractivity contribution in [1.29, 1.82) is 0 Å². The summed E-state index contributed by atoms with van der Waals surface area (Å²) in [5.41, 5.74) is 3.40. The topological polar surface area (TPSA) is 79.4 Å². The van der Waals surface area contributed by atoms with Crippen LogP contribution in [0.1, 0.15) is 28.9 Å². The summed E-state index contributed by atoms with van der Waals surface area (Å²) in [5.74, 6) is 0.547. The van der Waals surface area contributed by atoms with Crippen molar-refractivity contribution in [3.05, 3.63) is 46.4 Å². The van der Waals surface area contributed by atoms with Crippen molar-refractivity contribution in [2.45, 2.75) is 29.5 Å². The fraction of sp³-hybridized carbons (Fsp3) is 0.412. The van der Waals surface area contributed by atoms with E-state index in [0.29, 0.717) is 24.4 Å². The van der Waals surface area contributed by atoms with Crippen LogP contribution in [0, 0.1) is 0 Å². The highest BCUT2D eigenvalue weighted by Gasteiger charge is 2.27. The molecule has 0 aliphatic carbocycles. The Hall–Kier alpha value is -1.42. The van der Waals surface area contributed by atoms with E-state index in [1.165, 1.54) is 10.6 Å². The highest BCUT2D eigenvalue weighted by molar-refractivity contribution is 7.98. The van der Waals surface area contributed by atoms with E-state index < -0.39 is 10.0 Å². The maximum atomic E-state index is 12.7. The summed E-state index contributed by atoms with van der Waals surface area (Å²) in [4.78, 5) is 17.9. The molecule has 1 saturated heterocycles. The van der Waals surface area contributed by atoms with Crippen LogP contribution >= 0.6 is 23.1 Å². The predicted octanol–water partition coefficient (Wildman–Crippen LogP) is 2.59. The van der Waals surface area contributed by atoms with Crippen molar-refractivity contribution in [2.75, 3.05) is 19.3 Å². The van der Waals surface area contributed by atoms with E-state index in [0.717, 1.165) is 23.4 Å². The second-order valence-electron chi connectivity index (χ2n) is 6.20. The minimum atomic E-state index is -3.23. The second kappa shape index (κ2) is 8.51. The van der Waals surface area contributed by atoms with Gasteiger partial charge in [-0.2, -0.15) is 0 Å². The number of thiazole rings is 1. The zero-order chi connectivity index (χ0) is 18.6. The first-order chi connectivity index (χ1) is 12.4. The summed E-state index contributed by atoms with van der Waals surface area (Å²) in [7, 11) is -3.23. The molecule has 1 fully saturated rings. The number of carbonyl (C=O) groups excluding carboxylic acids is 1. The summed E-state index contributed by atoms with van der Waals surface area (Å²) >= 11 is 3.13. The number of carbonyl (C=O) groups is 1. The molecule has 140 valence electrons. The van der Waals surface area contributed by atoms with Crippen LogP contribution in [0.15, 0.2) is 40.1 Å². The van der Waals surface area contributed by atoms with Crippen molar-refractivity contribution in [2.24, 2.45) is 0 Å². The third kappa shape index (κ3) is 5.06. The van der Waals surface area contributed by atoms with Gasteiger partial charge in [0, 0.05) is 35.2 Å². The van der Waals surface area contributed by atoms with E-state index in [-0.39, 0.29) is 11.9 Å². The van der Waals surface area contributed by atoms with Crippen molar-refractivity contribution in [3.8, 4) is 0 Å². The Balaban J connectivity index is 1.66. The average molecular weight is 412 g/mol. The molecule has 1 amide bonds. The van der Waals surface area contributed by atoms with E-state index in [2.05, 4.69) is 10.3 Å². The van der Waals surface area contributed by atoms with Crippen molar-refractivity contribution >= 4 is 39.0 Å². The van der Waals surface area contributed by atoms with Crippen LogP contribution in [-0.2, 0) is 15.8 Å². The van der Waals surface area contributed by atoms with E-state index in [9.17, 15) is 13.2 Å². The van der Waals surface area contributed by atoms with Gasteiger partial charge in [0.05, 0.1) is 23.0 Å². The molecule has 0 saturated carbocycles. The van der Waals surface area contributed by atoms with E-state index in [4.69, 9.17) is 0 Å². The van der Waals surface area contributed by atoms with Crippen LogP contribution in [0.25, 0.3) is 0 Å². The molecule has 0 bridgehead atoms. The molecule has 6 nitrogen and oxygen atoms in total. The van der Waals surface area contributed by atoms with Gasteiger partial charge in [0.2, 0.25) is 10.0 Å². The van der Waals surface area contributed by atoms with Crippen LogP contribution in [-0.4, -0.2) is 49.0 Å². The van der Waals surface area contributed by atoms with Gasteiger partial charge in [0.1, 0.15) is 0 Å². The molecule has 2 heterocycles. The smallest absolute Gasteiger partial charge is 0.252 e. The lowest BCUT2D eigenvalue weighted by Gasteiger charge is -2.31. The summed E-state index contributed by atoms with van der Waals surface area (Å²) in [5, 5.41) is 5.00. The second-order valence-corrected chi connectivity index (χ2v) is 9.92. The lowest BCUT2D eigenvalue weighted by atomic mass is 10.1. The Morgan fingerprint density at radius 2 is 2.23 bits per heavy atom. The molecule has 0 spiro atoms. The minimum Gasteiger partial charge on any atom is -0.348 e. The number of rotatable bonds is 6. The lowest BCUT2D eigenvalue weighted by molar-refractivity contribution is 0.0918. The van der Waals surface area contributed by atoms with Gasteiger partial charge in [-0.05, 0) is 25.0 Å². The number of nitrogens with zero attached hydrogens (tertiary/aromatic N) is 2. The third-order valence-corrected chi connectivity index (χ3v) is 7.19. The fourth-order valence-electron chi connectivity index (χ4n) is 2.87. The minimum absolute atomic E-state index is 0.160. The van der Waals surface area contributed by atoms with Gasteiger partial charge in [-0.3, -0.25) is 4.79 Å². The maximum absolute atomic E-state index is 12.7. The lowest BCUT2D eigenvalue weighted by Crippen LogP contribution is -2.49. The molecule has 1 atom stereocenters. The standard InChI is InChI=1S/C17H21N3O3S3/c1-26(22,23)20-8-4-5-13(9-20)19-17(21)15-6-2-3-7-16(15)25-11-14-10-24-12-18-14/h2-3,6-7,10,12-13H,4-5,8-9,11H2,1H3,(H,19,21). The van der Waals surface area contributed by atoms with Crippen LogP contribution < -0.4 is 5.32 Å². The molecule has 1 aromatic carbocycles. The SMILES string of the molecule is CS(=O)(=O)N1CCCC(NC(=O)c2ccccc2SCc2cscn2)C1. The van der Waals surface area contributed by atoms with Gasteiger partial charge in [-0.25, -0.2) is 17.7 Å². The van der Waals surface area contributed by atoms with Gasteiger partial charge in [-0.1, -0.05) is 12.1 Å². The monoisotopic (exact) mass is 411 g/mol. The van der Waals surface area contributed by atoms with Crippen molar-refractivity contribution in [1.82, 2.24) is 14.6 Å². The largest absolute Gasteiger partial charge is 0.348 e. The van der Waals surface area contributed by atoms with E-state index >= 15 is 0 Å². The molecule has 1 N–H and O–H groups in total. The number of piperidine rings is 1. The molecule has 1 unspecified atom stereocenters. The van der Waals surface area contributed by atoms with Crippen LogP contribution in [0.4, 0.5) is 0 Å². The highest BCUT2D eigenvalue weighted by Crippen LogP contribution is 2.26. The molecule has 1 aromatic heterocycles. The number of nitrogens with one attached hydrogen (secondary N) is 1. The third-order valence-electron chi connectivity index (χ3n) is 4.18. The maximum Gasteiger partial charge on any atom is 0.252 e. The van der Waals surface area contributed by atoms with Gasteiger partial charge in [0.25, 0.3) is 5.91 Å². The molecular weight excluding hydrogens is 390 g/mol. The Morgan fingerprint density at radius 1 is 1.42 bits per heavy atom. The van der Waals surface area contributed by atoms with Crippen LogP contribution in [0.3, 0.4) is 0 Å². The normalized spacial score (nSPS) is 18.6. The van der Waals surface area contributed by atoms with Crippen LogP contribution in [0.5, 0.6) is 0 Å². The Labute approximate surface area is 162 Å². The van der Waals surface area contributed by atoms with Crippen LogP contribution in [0.2, 0.25) is 0 Å². The van der Waals surface area contributed by atoms with Crippen molar-refractivity contribution < 1.29 is 13.2 Å². The Kier molecular flexibility index (Phi) is 6.33. The van der Waals surface area contributed by atoms with Gasteiger partial charge >= 0.3 is 0 Å². The van der Waals surface area contributed by atoms with E-state index in [1.54, 1.807) is 34.7 Å². The summed E-state index contributed by atoms with van der Waals surface area (Å²) in [6.07, 6.45) is 2.74. The van der Waals surface area contributed by atoms with Gasteiger partial charge < -0.3 is 5.32 Å². The number of hydrogen-bond donors (Lipinski definition) is 1. The zero-order valence-corrected chi connectivity index (χ0v) is 16.9. The first kappa shape index (κ1) is 19.3. The molecule has 9 heteroatoms. The number of hydrogen-bond acceptors (Lipinski definition) is 6. The molecule has 2 aromatic rings. The number of amides is 1. The number of aromatic nitrogens is 1. The molecule has 26 heavy (non-hydrogen) atoms. The predicted molar refractivity (Wildman–Crippen MR) is 105 cm³/mol. The Bertz CT molecular complexity index is 853. The first-order valence-electron chi connectivity index (χ1n) is 8.28. The molecular formula is C17H21N3O3S3. The quantitative estimate of drug-likeness (QED) is 0.739. The van der Waals surface area contributed by atoms with Gasteiger partial charge in [-0.15, -0.1) is 23.1 Å². The highest BCUT2D eigenvalue weighted by atomic mass is 32.2. The molecule has 3 rings (SSSR count). The van der Waals surface area contributed by atoms with Gasteiger partial charge in [0.15, 0.2) is 0 Å². The summed E-state index contributed by atoms with van der Waals surface area (Å²) in [6.45, 7) is 0.851. The number of sulfonamides is 1. The first-order valence-corrected chi connectivity index (χ1v) is 12.1. The Morgan fingerprint density at radius 3 is 2.96 bits per heavy atom.